The molecule has 0 amide bonds. The van der Waals surface area contributed by atoms with Crippen LogP contribution in [0.15, 0.2) is 95.4 Å². The van der Waals surface area contributed by atoms with E-state index < -0.39 is 0 Å². The van der Waals surface area contributed by atoms with E-state index in [1.54, 1.807) is 4.90 Å². The summed E-state index contributed by atoms with van der Waals surface area (Å²) in [6.07, 6.45) is 4.50. The first kappa shape index (κ1) is 20.6. The standard InChI is InChI=1S/C29H26N4O/c1-3-10-22(11-4-1)12-9-17-32-18-20-33(21-19-32)29-27-26(24-15-7-8-16-25(24)34-27)30-28(31-29)23-13-5-2-6-14-23/h1-16H,17-21H2/p+1/b12-9+. The number of hydrogen-bond donors (Lipinski definition) is 1. The van der Waals surface area contributed by atoms with E-state index in [4.69, 9.17) is 14.4 Å². The van der Waals surface area contributed by atoms with Crippen LogP contribution < -0.4 is 9.80 Å². The van der Waals surface area contributed by atoms with E-state index in [0.717, 1.165) is 72.0 Å². The van der Waals surface area contributed by atoms with E-state index in [0.29, 0.717) is 0 Å². The van der Waals surface area contributed by atoms with Crippen LogP contribution in [0.3, 0.4) is 0 Å². The highest BCUT2D eigenvalue weighted by molar-refractivity contribution is 6.06. The molecule has 0 atom stereocenters. The molecule has 3 aromatic carbocycles. The fourth-order valence-electron chi connectivity index (χ4n) is 4.67. The van der Waals surface area contributed by atoms with Crippen LogP contribution in [0.1, 0.15) is 5.56 Å². The first-order valence-electron chi connectivity index (χ1n) is 11.9. The molecular formula is C29H27N4O+. The SMILES string of the molecule is C(=C\c1ccccc1)/C[NH+]1CCN(c2nc(-c3ccccc3)nc3c2oc2ccccc23)CC1. The van der Waals surface area contributed by atoms with Crippen molar-refractivity contribution in [1.82, 2.24) is 9.97 Å². The van der Waals surface area contributed by atoms with Crippen LogP contribution in [-0.2, 0) is 0 Å². The normalized spacial score (nSPS) is 15.0. The molecule has 1 fully saturated rings. The second kappa shape index (κ2) is 9.12. The number of hydrogen-bond acceptors (Lipinski definition) is 4. The molecule has 1 N–H and O–H groups in total. The Bertz CT molecular complexity index is 1440. The summed E-state index contributed by atoms with van der Waals surface area (Å²) in [5, 5.41) is 1.04. The van der Waals surface area contributed by atoms with E-state index in [9.17, 15) is 0 Å². The minimum atomic E-state index is 0.746. The van der Waals surface area contributed by atoms with Crippen molar-refractivity contribution in [3.63, 3.8) is 0 Å². The van der Waals surface area contributed by atoms with E-state index in [2.05, 4.69) is 65.6 Å². The molecule has 1 saturated heterocycles. The molecule has 0 spiro atoms. The molecule has 0 saturated carbocycles. The van der Waals surface area contributed by atoms with Crippen molar-refractivity contribution in [2.45, 2.75) is 0 Å². The zero-order valence-electron chi connectivity index (χ0n) is 19.0. The van der Waals surface area contributed by atoms with Crippen molar-refractivity contribution < 1.29 is 9.32 Å². The van der Waals surface area contributed by atoms with Gasteiger partial charge in [0.1, 0.15) is 11.1 Å². The highest BCUT2D eigenvalue weighted by atomic mass is 16.3. The molecule has 34 heavy (non-hydrogen) atoms. The van der Waals surface area contributed by atoms with Gasteiger partial charge in [0.2, 0.25) is 0 Å². The number of nitrogens with one attached hydrogen (secondary N) is 1. The second-order valence-electron chi connectivity index (χ2n) is 8.77. The maximum atomic E-state index is 6.28. The molecule has 168 valence electrons. The fourth-order valence-corrected chi connectivity index (χ4v) is 4.67. The molecule has 0 aliphatic carbocycles. The summed E-state index contributed by atoms with van der Waals surface area (Å²) < 4.78 is 6.28. The zero-order valence-corrected chi connectivity index (χ0v) is 19.0. The summed E-state index contributed by atoms with van der Waals surface area (Å²) in [5.41, 5.74) is 4.80. The molecule has 1 aliphatic heterocycles. The van der Waals surface area contributed by atoms with Crippen molar-refractivity contribution in [3.8, 4) is 11.4 Å². The van der Waals surface area contributed by atoms with E-state index in [1.807, 2.05) is 36.4 Å². The lowest BCUT2D eigenvalue weighted by Crippen LogP contribution is -3.14. The lowest BCUT2D eigenvalue weighted by molar-refractivity contribution is -0.894. The third kappa shape index (κ3) is 4.06. The Morgan fingerprint density at radius 1 is 0.824 bits per heavy atom. The molecule has 6 rings (SSSR count). The van der Waals surface area contributed by atoms with Gasteiger partial charge in [-0.2, -0.15) is 0 Å². The van der Waals surface area contributed by atoms with Crippen LogP contribution in [0.4, 0.5) is 5.82 Å². The minimum Gasteiger partial charge on any atom is -0.450 e. The summed E-state index contributed by atoms with van der Waals surface area (Å²) in [7, 11) is 0. The molecule has 5 nitrogen and oxygen atoms in total. The predicted molar refractivity (Wildman–Crippen MR) is 138 cm³/mol. The van der Waals surface area contributed by atoms with Crippen LogP contribution in [0.25, 0.3) is 39.5 Å². The number of aromatic nitrogens is 2. The van der Waals surface area contributed by atoms with Gasteiger partial charge in [-0.25, -0.2) is 9.97 Å². The Morgan fingerprint density at radius 3 is 2.32 bits per heavy atom. The number of para-hydroxylation sites is 1. The molecule has 0 unspecified atom stereocenters. The highest BCUT2D eigenvalue weighted by Gasteiger charge is 2.25. The molecule has 3 heterocycles. The highest BCUT2D eigenvalue weighted by Crippen LogP contribution is 2.34. The Labute approximate surface area is 199 Å². The van der Waals surface area contributed by atoms with E-state index in [-0.39, 0.29) is 0 Å². The molecular weight excluding hydrogens is 420 g/mol. The number of benzene rings is 3. The van der Waals surface area contributed by atoms with Gasteiger partial charge in [0.05, 0.1) is 32.7 Å². The number of fused-ring (bicyclic) bond motifs is 3. The van der Waals surface area contributed by atoms with Crippen molar-refractivity contribution in [2.24, 2.45) is 0 Å². The first-order valence-corrected chi connectivity index (χ1v) is 11.9. The summed E-state index contributed by atoms with van der Waals surface area (Å²) in [6, 6.07) is 28.8. The van der Waals surface area contributed by atoms with Gasteiger partial charge in [0.15, 0.2) is 17.2 Å². The summed E-state index contributed by atoms with van der Waals surface area (Å²) in [5.74, 6) is 1.65. The molecule has 5 aromatic rings. The van der Waals surface area contributed by atoms with Crippen molar-refractivity contribution in [3.05, 3.63) is 96.6 Å². The van der Waals surface area contributed by atoms with Gasteiger partial charge in [-0.15, -0.1) is 0 Å². The summed E-state index contributed by atoms with van der Waals surface area (Å²) in [4.78, 5) is 13.9. The van der Waals surface area contributed by atoms with Crippen molar-refractivity contribution in [1.29, 1.82) is 0 Å². The number of quaternary nitrogens is 1. The topological polar surface area (TPSA) is 46.6 Å². The van der Waals surface area contributed by atoms with Gasteiger partial charge in [-0.1, -0.05) is 78.9 Å². The molecule has 2 aromatic heterocycles. The Kier molecular flexibility index (Phi) is 5.53. The number of anilines is 1. The quantitative estimate of drug-likeness (QED) is 0.432. The first-order chi connectivity index (χ1) is 16.8. The van der Waals surface area contributed by atoms with Crippen LogP contribution in [0.2, 0.25) is 0 Å². The van der Waals surface area contributed by atoms with Gasteiger partial charge in [0.25, 0.3) is 0 Å². The number of piperazine rings is 1. The fraction of sp³-hybridized carbons (Fsp3) is 0.172. The summed E-state index contributed by atoms with van der Waals surface area (Å²) in [6.45, 7) is 5.02. The van der Waals surface area contributed by atoms with Crippen LogP contribution in [0.5, 0.6) is 0 Å². The van der Waals surface area contributed by atoms with Gasteiger partial charge in [0, 0.05) is 10.9 Å². The second-order valence-corrected chi connectivity index (χ2v) is 8.77. The third-order valence-electron chi connectivity index (χ3n) is 6.52. The van der Waals surface area contributed by atoms with Crippen LogP contribution >= 0.6 is 0 Å². The maximum absolute atomic E-state index is 6.28. The smallest absolute Gasteiger partial charge is 0.196 e. The number of furan rings is 1. The van der Waals surface area contributed by atoms with Gasteiger partial charge in [-0.05, 0) is 23.8 Å². The summed E-state index contributed by atoms with van der Waals surface area (Å²) >= 11 is 0. The Balaban J connectivity index is 1.28. The Morgan fingerprint density at radius 2 is 1.53 bits per heavy atom. The monoisotopic (exact) mass is 447 g/mol. The number of nitrogens with zero attached hydrogens (tertiary/aromatic N) is 3. The average molecular weight is 448 g/mol. The number of rotatable bonds is 5. The average Bonchev–Trinajstić information content (AvgIpc) is 3.28. The lowest BCUT2D eigenvalue weighted by Gasteiger charge is -2.32. The molecule has 0 radical (unpaired) electrons. The van der Waals surface area contributed by atoms with E-state index >= 15 is 0 Å². The largest absolute Gasteiger partial charge is 0.450 e. The minimum absolute atomic E-state index is 0.746. The zero-order chi connectivity index (χ0) is 22.7. The molecule has 1 aliphatic rings. The Hall–Kier alpha value is -3.96. The predicted octanol–water partition coefficient (Wildman–Crippen LogP) is 4.46. The van der Waals surface area contributed by atoms with Gasteiger partial charge >= 0.3 is 0 Å². The van der Waals surface area contributed by atoms with Gasteiger partial charge in [-0.3, -0.25) is 0 Å². The molecule has 0 bridgehead atoms. The van der Waals surface area contributed by atoms with Crippen molar-refractivity contribution in [2.75, 3.05) is 37.6 Å². The third-order valence-corrected chi connectivity index (χ3v) is 6.52. The molecule has 5 heteroatoms. The van der Waals surface area contributed by atoms with Crippen LogP contribution in [0, 0.1) is 0 Å². The van der Waals surface area contributed by atoms with Crippen LogP contribution in [-0.4, -0.2) is 42.7 Å². The van der Waals surface area contributed by atoms with E-state index in [1.165, 1.54) is 5.56 Å². The lowest BCUT2D eigenvalue weighted by atomic mass is 10.2. The maximum Gasteiger partial charge on any atom is 0.196 e. The van der Waals surface area contributed by atoms with Gasteiger partial charge < -0.3 is 14.2 Å². The van der Waals surface area contributed by atoms with Crippen molar-refractivity contribution >= 4 is 34.0 Å².